The third-order valence-corrected chi connectivity index (χ3v) is 3.53. The first-order valence-electron chi connectivity index (χ1n) is 7.06. The van der Waals surface area contributed by atoms with Crippen LogP contribution in [0, 0.1) is 0 Å². The molecule has 0 aliphatic rings. The molecule has 1 aromatic carbocycles. The van der Waals surface area contributed by atoms with Gasteiger partial charge in [-0.1, -0.05) is 44.2 Å². The molecule has 102 valence electrons. The van der Waals surface area contributed by atoms with Crippen molar-refractivity contribution in [3.05, 3.63) is 54.1 Å². The predicted octanol–water partition coefficient (Wildman–Crippen LogP) is 3.19. The highest BCUT2D eigenvalue weighted by Gasteiger charge is 2.07. The number of nitrogens with one attached hydrogen (secondary N) is 1. The zero-order valence-electron chi connectivity index (χ0n) is 11.8. The Hall–Kier alpha value is -1.61. The Morgan fingerprint density at radius 2 is 2.05 bits per heavy atom. The van der Waals surface area contributed by atoms with E-state index < -0.39 is 0 Å². The standard InChI is InChI=1S/C16H23N3/c1-3-17-11-16-12-18-13-19(16)10-9-14(2)15-7-5-4-6-8-15/h4-8,12-14,17H,3,9-11H2,1-2H3. The molecular formula is C16H23N3. The Morgan fingerprint density at radius 1 is 1.26 bits per heavy atom. The molecule has 1 heterocycles. The molecule has 0 aliphatic carbocycles. The van der Waals surface area contributed by atoms with E-state index in [1.807, 2.05) is 12.5 Å². The van der Waals surface area contributed by atoms with Gasteiger partial charge in [-0.3, -0.25) is 0 Å². The Labute approximate surface area is 115 Å². The summed E-state index contributed by atoms with van der Waals surface area (Å²) in [6.45, 7) is 7.33. The maximum absolute atomic E-state index is 4.25. The molecule has 0 saturated carbocycles. The van der Waals surface area contributed by atoms with Gasteiger partial charge < -0.3 is 9.88 Å². The topological polar surface area (TPSA) is 29.9 Å². The van der Waals surface area contributed by atoms with E-state index in [1.54, 1.807) is 0 Å². The summed E-state index contributed by atoms with van der Waals surface area (Å²) in [5.41, 5.74) is 2.68. The van der Waals surface area contributed by atoms with Crippen molar-refractivity contribution < 1.29 is 0 Å². The van der Waals surface area contributed by atoms with E-state index in [1.165, 1.54) is 11.3 Å². The fourth-order valence-corrected chi connectivity index (χ4v) is 2.23. The highest BCUT2D eigenvalue weighted by molar-refractivity contribution is 5.18. The van der Waals surface area contributed by atoms with Gasteiger partial charge in [0.1, 0.15) is 0 Å². The maximum atomic E-state index is 4.25. The zero-order valence-corrected chi connectivity index (χ0v) is 11.8. The number of hydrogen-bond acceptors (Lipinski definition) is 2. The van der Waals surface area contributed by atoms with Crippen LogP contribution in [0.15, 0.2) is 42.9 Å². The smallest absolute Gasteiger partial charge is 0.0948 e. The van der Waals surface area contributed by atoms with Crippen LogP contribution < -0.4 is 5.32 Å². The van der Waals surface area contributed by atoms with Crippen molar-refractivity contribution in [3.8, 4) is 0 Å². The van der Waals surface area contributed by atoms with Gasteiger partial charge in [-0.25, -0.2) is 4.98 Å². The molecule has 0 radical (unpaired) electrons. The van der Waals surface area contributed by atoms with Crippen molar-refractivity contribution in [1.82, 2.24) is 14.9 Å². The van der Waals surface area contributed by atoms with Gasteiger partial charge in [0.25, 0.3) is 0 Å². The maximum Gasteiger partial charge on any atom is 0.0948 e. The summed E-state index contributed by atoms with van der Waals surface area (Å²) in [7, 11) is 0. The lowest BCUT2D eigenvalue weighted by molar-refractivity contribution is 0.549. The van der Waals surface area contributed by atoms with Crippen molar-refractivity contribution in [2.24, 2.45) is 0 Å². The molecule has 0 saturated heterocycles. The fraction of sp³-hybridized carbons (Fsp3) is 0.438. The van der Waals surface area contributed by atoms with Crippen molar-refractivity contribution >= 4 is 0 Å². The zero-order chi connectivity index (χ0) is 13.5. The summed E-state index contributed by atoms with van der Waals surface area (Å²) in [5, 5.41) is 3.35. The molecule has 3 nitrogen and oxygen atoms in total. The number of hydrogen-bond donors (Lipinski definition) is 1. The Morgan fingerprint density at radius 3 is 2.79 bits per heavy atom. The van der Waals surface area contributed by atoms with Crippen LogP contribution in [-0.2, 0) is 13.1 Å². The summed E-state index contributed by atoms with van der Waals surface area (Å²) in [5.74, 6) is 0.579. The van der Waals surface area contributed by atoms with E-state index in [0.29, 0.717) is 5.92 Å². The van der Waals surface area contributed by atoms with Crippen LogP contribution in [0.25, 0.3) is 0 Å². The molecule has 3 heteroatoms. The number of benzene rings is 1. The van der Waals surface area contributed by atoms with Gasteiger partial charge >= 0.3 is 0 Å². The first-order chi connectivity index (χ1) is 9.31. The minimum atomic E-state index is 0.579. The second-order valence-corrected chi connectivity index (χ2v) is 4.96. The van der Waals surface area contributed by atoms with Crippen molar-refractivity contribution in [1.29, 1.82) is 0 Å². The molecule has 0 fully saturated rings. The van der Waals surface area contributed by atoms with Gasteiger partial charge in [-0.2, -0.15) is 0 Å². The molecule has 1 aromatic heterocycles. The van der Waals surface area contributed by atoms with Crippen LogP contribution in [0.1, 0.15) is 37.4 Å². The quantitative estimate of drug-likeness (QED) is 0.825. The number of imidazole rings is 1. The van der Waals surface area contributed by atoms with Crippen LogP contribution in [0.3, 0.4) is 0 Å². The van der Waals surface area contributed by atoms with E-state index in [0.717, 1.165) is 26.1 Å². The summed E-state index contributed by atoms with van der Waals surface area (Å²) < 4.78 is 2.25. The van der Waals surface area contributed by atoms with Gasteiger partial charge in [0.2, 0.25) is 0 Å². The largest absolute Gasteiger partial charge is 0.333 e. The minimum Gasteiger partial charge on any atom is -0.333 e. The average Bonchev–Trinajstić information content (AvgIpc) is 2.91. The molecule has 1 atom stereocenters. The third-order valence-electron chi connectivity index (χ3n) is 3.53. The van der Waals surface area contributed by atoms with Gasteiger partial charge in [-0.05, 0) is 24.4 Å². The molecule has 0 amide bonds. The number of aromatic nitrogens is 2. The lowest BCUT2D eigenvalue weighted by atomic mass is 9.98. The second-order valence-electron chi connectivity index (χ2n) is 4.96. The lowest BCUT2D eigenvalue weighted by Gasteiger charge is -2.14. The lowest BCUT2D eigenvalue weighted by Crippen LogP contribution is -2.15. The van der Waals surface area contributed by atoms with E-state index in [2.05, 4.69) is 59.0 Å². The van der Waals surface area contributed by atoms with Crippen LogP contribution in [0.5, 0.6) is 0 Å². The molecule has 0 spiro atoms. The number of nitrogens with zero attached hydrogens (tertiary/aromatic N) is 2. The summed E-state index contributed by atoms with van der Waals surface area (Å²) >= 11 is 0. The van der Waals surface area contributed by atoms with Crippen LogP contribution >= 0.6 is 0 Å². The molecule has 19 heavy (non-hydrogen) atoms. The molecule has 1 unspecified atom stereocenters. The highest BCUT2D eigenvalue weighted by Crippen LogP contribution is 2.19. The highest BCUT2D eigenvalue weighted by atomic mass is 15.1. The van der Waals surface area contributed by atoms with E-state index in [-0.39, 0.29) is 0 Å². The van der Waals surface area contributed by atoms with Gasteiger partial charge in [0, 0.05) is 19.3 Å². The van der Waals surface area contributed by atoms with Crippen LogP contribution in [0.4, 0.5) is 0 Å². The minimum absolute atomic E-state index is 0.579. The summed E-state index contributed by atoms with van der Waals surface area (Å²) in [4.78, 5) is 4.25. The molecule has 2 rings (SSSR count). The third kappa shape index (κ3) is 3.93. The monoisotopic (exact) mass is 257 g/mol. The van der Waals surface area contributed by atoms with Gasteiger partial charge in [-0.15, -0.1) is 0 Å². The SMILES string of the molecule is CCNCc1cncn1CCC(C)c1ccccc1. The van der Waals surface area contributed by atoms with Gasteiger partial charge in [0.15, 0.2) is 0 Å². The Kier molecular flexibility index (Phi) is 5.16. The normalized spacial score (nSPS) is 12.5. The summed E-state index contributed by atoms with van der Waals surface area (Å²) in [6.07, 6.45) is 5.03. The predicted molar refractivity (Wildman–Crippen MR) is 79.1 cm³/mol. The molecular weight excluding hydrogens is 234 g/mol. The van der Waals surface area contributed by atoms with Crippen LogP contribution in [-0.4, -0.2) is 16.1 Å². The first-order valence-corrected chi connectivity index (χ1v) is 7.06. The van der Waals surface area contributed by atoms with Crippen molar-refractivity contribution in [2.75, 3.05) is 6.54 Å². The van der Waals surface area contributed by atoms with Crippen molar-refractivity contribution in [2.45, 2.75) is 39.3 Å². The molecule has 0 bridgehead atoms. The van der Waals surface area contributed by atoms with Crippen molar-refractivity contribution in [3.63, 3.8) is 0 Å². The molecule has 0 aliphatic heterocycles. The molecule has 1 N–H and O–H groups in total. The average molecular weight is 257 g/mol. The van der Waals surface area contributed by atoms with Crippen LogP contribution in [0.2, 0.25) is 0 Å². The Bertz CT molecular complexity index is 476. The number of aryl methyl sites for hydroxylation is 1. The molecule has 2 aromatic rings. The fourth-order valence-electron chi connectivity index (χ4n) is 2.23. The summed E-state index contributed by atoms with van der Waals surface area (Å²) in [6, 6.07) is 10.7. The van der Waals surface area contributed by atoms with E-state index in [4.69, 9.17) is 0 Å². The van der Waals surface area contributed by atoms with E-state index >= 15 is 0 Å². The van der Waals surface area contributed by atoms with E-state index in [9.17, 15) is 0 Å². The Balaban J connectivity index is 1.90. The second kappa shape index (κ2) is 7.10. The first kappa shape index (κ1) is 13.8. The number of rotatable bonds is 7. The van der Waals surface area contributed by atoms with Gasteiger partial charge in [0.05, 0.1) is 12.0 Å².